The third kappa shape index (κ3) is 3.75. The standard InChI is InChI=1S/C14H21N3S/c1-12-4-3-5-13(10-12)18-11-14(15)17-8-6-16(2)7-9-17/h3-5,10,15H,6-9,11H2,1-2H3. The lowest BCUT2D eigenvalue weighted by Gasteiger charge is -2.34. The molecule has 1 aliphatic heterocycles. The van der Waals surface area contributed by atoms with E-state index in [0.717, 1.165) is 37.8 Å². The van der Waals surface area contributed by atoms with E-state index in [-0.39, 0.29) is 0 Å². The topological polar surface area (TPSA) is 30.3 Å². The Morgan fingerprint density at radius 1 is 1.28 bits per heavy atom. The molecule has 1 aromatic rings. The second-order valence-corrected chi connectivity index (χ2v) is 5.89. The fraction of sp³-hybridized carbons (Fsp3) is 0.500. The van der Waals surface area contributed by atoms with Gasteiger partial charge in [0.15, 0.2) is 0 Å². The second-order valence-electron chi connectivity index (χ2n) is 4.84. The number of hydrogen-bond acceptors (Lipinski definition) is 3. The van der Waals surface area contributed by atoms with Crippen molar-refractivity contribution in [1.29, 1.82) is 5.41 Å². The molecule has 0 saturated carbocycles. The van der Waals surface area contributed by atoms with E-state index in [9.17, 15) is 0 Å². The van der Waals surface area contributed by atoms with Crippen LogP contribution in [0.1, 0.15) is 5.56 Å². The Kier molecular flexibility index (Phi) is 4.66. The van der Waals surface area contributed by atoms with Gasteiger partial charge in [-0.25, -0.2) is 0 Å². The van der Waals surface area contributed by atoms with Gasteiger partial charge in [0.25, 0.3) is 0 Å². The highest BCUT2D eigenvalue weighted by molar-refractivity contribution is 8.00. The Hall–Kier alpha value is -1.00. The first-order valence-electron chi connectivity index (χ1n) is 6.35. The van der Waals surface area contributed by atoms with Crippen LogP contribution in [0.5, 0.6) is 0 Å². The minimum atomic E-state index is 0.759. The van der Waals surface area contributed by atoms with Crippen molar-refractivity contribution in [3.63, 3.8) is 0 Å². The third-order valence-electron chi connectivity index (χ3n) is 3.25. The summed E-state index contributed by atoms with van der Waals surface area (Å²) in [5.74, 6) is 1.53. The highest BCUT2D eigenvalue weighted by Crippen LogP contribution is 2.19. The van der Waals surface area contributed by atoms with Gasteiger partial charge in [-0.05, 0) is 26.1 Å². The van der Waals surface area contributed by atoms with Crippen molar-refractivity contribution in [2.24, 2.45) is 0 Å². The molecule has 1 heterocycles. The summed E-state index contributed by atoms with van der Waals surface area (Å²) in [6.07, 6.45) is 0. The van der Waals surface area contributed by atoms with Crippen molar-refractivity contribution in [2.45, 2.75) is 11.8 Å². The van der Waals surface area contributed by atoms with Crippen LogP contribution in [0.3, 0.4) is 0 Å². The van der Waals surface area contributed by atoms with Crippen LogP contribution >= 0.6 is 11.8 Å². The summed E-state index contributed by atoms with van der Waals surface area (Å²) < 4.78 is 0. The predicted molar refractivity (Wildman–Crippen MR) is 78.7 cm³/mol. The molecule has 1 N–H and O–H groups in total. The summed E-state index contributed by atoms with van der Waals surface area (Å²) in [4.78, 5) is 5.77. The maximum Gasteiger partial charge on any atom is 0.106 e. The normalized spacial score (nSPS) is 16.9. The molecular weight excluding hydrogens is 242 g/mol. The van der Waals surface area contributed by atoms with Crippen LogP contribution in [0, 0.1) is 12.3 Å². The Labute approximate surface area is 114 Å². The summed E-state index contributed by atoms with van der Waals surface area (Å²) in [5.41, 5.74) is 1.28. The average Bonchev–Trinajstić information content (AvgIpc) is 2.37. The van der Waals surface area contributed by atoms with Crippen LogP contribution in [0.2, 0.25) is 0 Å². The smallest absolute Gasteiger partial charge is 0.106 e. The Bertz CT molecular complexity index is 411. The minimum Gasteiger partial charge on any atom is -0.357 e. The number of thioether (sulfide) groups is 1. The molecule has 0 radical (unpaired) electrons. The molecule has 1 aliphatic rings. The van der Waals surface area contributed by atoms with Crippen molar-refractivity contribution in [3.8, 4) is 0 Å². The number of rotatable bonds is 3. The number of piperazine rings is 1. The van der Waals surface area contributed by atoms with Crippen LogP contribution < -0.4 is 0 Å². The number of nitrogens with zero attached hydrogens (tertiary/aromatic N) is 2. The van der Waals surface area contributed by atoms with Crippen molar-refractivity contribution in [2.75, 3.05) is 39.0 Å². The van der Waals surface area contributed by atoms with E-state index in [0.29, 0.717) is 0 Å². The summed E-state index contributed by atoms with van der Waals surface area (Å²) in [5, 5.41) is 8.14. The van der Waals surface area contributed by atoms with Gasteiger partial charge in [-0.2, -0.15) is 0 Å². The van der Waals surface area contributed by atoms with Gasteiger partial charge in [0.1, 0.15) is 5.84 Å². The fourth-order valence-corrected chi connectivity index (χ4v) is 2.95. The summed E-state index contributed by atoms with van der Waals surface area (Å²) >= 11 is 1.76. The second kappa shape index (κ2) is 6.25. The van der Waals surface area contributed by atoms with Crippen molar-refractivity contribution < 1.29 is 0 Å². The first-order chi connectivity index (χ1) is 8.65. The SMILES string of the molecule is Cc1cccc(SCC(=N)N2CCN(C)CC2)c1. The minimum absolute atomic E-state index is 0.759. The zero-order chi connectivity index (χ0) is 13.0. The predicted octanol–water partition coefficient (Wildman–Crippen LogP) is 2.31. The van der Waals surface area contributed by atoms with Crippen molar-refractivity contribution in [3.05, 3.63) is 29.8 Å². The number of hydrogen-bond donors (Lipinski definition) is 1. The van der Waals surface area contributed by atoms with Crippen molar-refractivity contribution in [1.82, 2.24) is 9.80 Å². The number of amidine groups is 1. The largest absolute Gasteiger partial charge is 0.357 e. The first kappa shape index (κ1) is 13.4. The Balaban J connectivity index is 1.81. The van der Waals surface area contributed by atoms with E-state index >= 15 is 0 Å². The van der Waals surface area contributed by atoms with E-state index < -0.39 is 0 Å². The lowest BCUT2D eigenvalue weighted by atomic mass is 10.2. The number of nitrogens with one attached hydrogen (secondary N) is 1. The molecule has 4 heteroatoms. The van der Waals surface area contributed by atoms with Gasteiger partial charge in [0.2, 0.25) is 0 Å². The highest BCUT2D eigenvalue weighted by atomic mass is 32.2. The molecule has 0 aromatic heterocycles. The molecule has 0 atom stereocenters. The first-order valence-corrected chi connectivity index (χ1v) is 7.34. The van der Waals surface area contributed by atoms with Crippen LogP contribution in [0.15, 0.2) is 29.2 Å². The number of aryl methyl sites for hydroxylation is 1. The molecule has 98 valence electrons. The fourth-order valence-electron chi connectivity index (χ4n) is 2.02. The Morgan fingerprint density at radius 3 is 2.67 bits per heavy atom. The van der Waals surface area contributed by atoms with E-state index in [4.69, 9.17) is 5.41 Å². The Morgan fingerprint density at radius 2 is 2.00 bits per heavy atom. The maximum absolute atomic E-state index is 8.14. The highest BCUT2D eigenvalue weighted by Gasteiger charge is 2.16. The molecular formula is C14H21N3S. The molecule has 2 rings (SSSR count). The molecule has 0 amide bonds. The molecule has 1 saturated heterocycles. The van der Waals surface area contributed by atoms with Gasteiger partial charge in [0, 0.05) is 31.1 Å². The zero-order valence-electron chi connectivity index (χ0n) is 11.1. The molecule has 0 aliphatic carbocycles. The molecule has 18 heavy (non-hydrogen) atoms. The lowest BCUT2D eigenvalue weighted by molar-refractivity contribution is 0.214. The maximum atomic E-state index is 8.14. The monoisotopic (exact) mass is 263 g/mol. The van der Waals surface area contributed by atoms with Gasteiger partial charge in [-0.1, -0.05) is 17.7 Å². The van der Waals surface area contributed by atoms with Gasteiger partial charge in [-0.3, -0.25) is 5.41 Å². The molecule has 1 fully saturated rings. The molecule has 0 spiro atoms. The quantitative estimate of drug-likeness (QED) is 0.516. The van der Waals surface area contributed by atoms with Crippen LogP contribution in [-0.2, 0) is 0 Å². The van der Waals surface area contributed by atoms with Crippen LogP contribution in [-0.4, -0.2) is 54.6 Å². The van der Waals surface area contributed by atoms with E-state index in [1.54, 1.807) is 11.8 Å². The van der Waals surface area contributed by atoms with Crippen LogP contribution in [0.4, 0.5) is 0 Å². The van der Waals surface area contributed by atoms with Gasteiger partial charge < -0.3 is 9.80 Å². The van der Waals surface area contributed by atoms with Gasteiger partial charge in [0.05, 0.1) is 5.75 Å². The number of benzene rings is 1. The van der Waals surface area contributed by atoms with E-state index in [1.807, 2.05) is 0 Å². The summed E-state index contributed by atoms with van der Waals surface area (Å²) in [7, 11) is 2.14. The zero-order valence-corrected chi connectivity index (χ0v) is 12.0. The number of likely N-dealkylation sites (N-methyl/N-ethyl adjacent to an activating group) is 1. The molecule has 0 unspecified atom stereocenters. The van der Waals surface area contributed by atoms with Gasteiger partial charge in [-0.15, -0.1) is 11.8 Å². The van der Waals surface area contributed by atoms with E-state index in [2.05, 4.69) is 48.0 Å². The molecule has 3 nitrogen and oxygen atoms in total. The van der Waals surface area contributed by atoms with Gasteiger partial charge >= 0.3 is 0 Å². The summed E-state index contributed by atoms with van der Waals surface area (Å²) in [6.45, 7) is 6.22. The third-order valence-corrected chi connectivity index (χ3v) is 4.26. The summed E-state index contributed by atoms with van der Waals surface area (Å²) in [6, 6.07) is 8.49. The molecule has 1 aromatic carbocycles. The van der Waals surface area contributed by atoms with E-state index in [1.165, 1.54) is 10.5 Å². The van der Waals surface area contributed by atoms with Crippen LogP contribution in [0.25, 0.3) is 0 Å². The van der Waals surface area contributed by atoms with Crippen molar-refractivity contribution >= 4 is 17.6 Å². The lowest BCUT2D eigenvalue weighted by Crippen LogP contribution is -2.47. The molecule has 0 bridgehead atoms. The average molecular weight is 263 g/mol.